The van der Waals surface area contributed by atoms with Gasteiger partial charge in [-0.15, -0.1) is 0 Å². The molecule has 6 nitrogen and oxygen atoms in total. The van der Waals surface area contributed by atoms with E-state index in [0.29, 0.717) is 12.0 Å². The Balaban J connectivity index is 2.58. The van der Waals surface area contributed by atoms with Crippen LogP contribution in [0.2, 0.25) is 0 Å². The first-order chi connectivity index (χ1) is 10.3. The lowest BCUT2D eigenvalue weighted by molar-refractivity contribution is -0.155. The van der Waals surface area contributed by atoms with Crippen LogP contribution in [0.15, 0.2) is 24.3 Å². The Morgan fingerprint density at radius 1 is 1.32 bits per heavy atom. The van der Waals surface area contributed by atoms with Crippen LogP contribution in [0, 0.1) is 0 Å². The molecule has 1 aliphatic carbocycles. The van der Waals surface area contributed by atoms with Crippen molar-refractivity contribution in [2.45, 2.75) is 31.6 Å². The number of aryl methyl sites for hydroxylation is 1. The first-order valence-corrected chi connectivity index (χ1v) is 8.98. The second-order valence-corrected chi connectivity index (χ2v) is 7.09. The Kier molecular flexibility index (Phi) is 4.55. The summed E-state index contributed by atoms with van der Waals surface area (Å²) in [5, 5.41) is 0. The van der Waals surface area contributed by atoms with E-state index in [-0.39, 0.29) is 13.0 Å². The van der Waals surface area contributed by atoms with E-state index >= 15 is 0 Å². The number of nitrogens with one attached hydrogen (secondary N) is 1. The summed E-state index contributed by atoms with van der Waals surface area (Å²) in [5.74, 6) is -1.55. The predicted molar refractivity (Wildman–Crippen MR) is 80.7 cm³/mol. The lowest BCUT2D eigenvalue weighted by Gasteiger charge is -2.35. The molecule has 0 spiro atoms. The highest BCUT2D eigenvalue weighted by molar-refractivity contribution is 7.89. The molecule has 0 aromatic heterocycles. The maximum atomic E-state index is 12.6. The highest BCUT2D eigenvalue weighted by atomic mass is 32.2. The summed E-state index contributed by atoms with van der Waals surface area (Å²) >= 11 is 0. The monoisotopic (exact) mass is 325 g/mol. The molecule has 1 amide bonds. The van der Waals surface area contributed by atoms with Crippen molar-refractivity contribution >= 4 is 21.9 Å². The summed E-state index contributed by atoms with van der Waals surface area (Å²) in [6.45, 7) is 1.77. The van der Waals surface area contributed by atoms with Gasteiger partial charge >= 0.3 is 5.97 Å². The van der Waals surface area contributed by atoms with Gasteiger partial charge in [0.15, 0.2) is 5.41 Å². The second-order valence-electron chi connectivity index (χ2n) is 5.34. The third kappa shape index (κ3) is 2.99. The molecule has 0 saturated heterocycles. The van der Waals surface area contributed by atoms with E-state index in [1.54, 1.807) is 19.1 Å². The first-order valence-electron chi connectivity index (χ1n) is 7.09. The van der Waals surface area contributed by atoms with Crippen LogP contribution in [-0.2, 0) is 36.2 Å². The zero-order valence-electron chi connectivity index (χ0n) is 12.6. The topological polar surface area (TPSA) is 89.5 Å². The molecular weight excluding hydrogens is 306 g/mol. The third-order valence-corrected chi connectivity index (χ3v) is 4.32. The van der Waals surface area contributed by atoms with Gasteiger partial charge in [-0.25, -0.2) is 8.42 Å². The predicted octanol–water partition coefficient (Wildman–Crippen LogP) is 0.900. The fourth-order valence-electron chi connectivity index (χ4n) is 2.88. The average molecular weight is 325 g/mol. The SMILES string of the molecule is CCOC(=O)C1(C(=O)NS(C)(=O)=O)CCCc2ccccc21. The second kappa shape index (κ2) is 6.08. The number of fused-ring (bicyclic) bond motifs is 1. The molecular formula is C15H19NO5S. The van der Waals surface area contributed by atoms with Gasteiger partial charge in [0.25, 0.3) is 5.91 Å². The quantitative estimate of drug-likeness (QED) is 0.656. The normalized spacial score (nSPS) is 20.8. The van der Waals surface area contributed by atoms with Gasteiger partial charge in [0.1, 0.15) is 0 Å². The molecule has 0 heterocycles. The molecule has 7 heteroatoms. The fourth-order valence-corrected chi connectivity index (χ4v) is 3.39. The minimum Gasteiger partial charge on any atom is -0.465 e. The molecule has 0 fully saturated rings. The summed E-state index contributed by atoms with van der Waals surface area (Å²) in [6.07, 6.45) is 2.46. The van der Waals surface area contributed by atoms with E-state index in [4.69, 9.17) is 4.74 Å². The van der Waals surface area contributed by atoms with Gasteiger partial charge in [0.2, 0.25) is 10.0 Å². The highest BCUT2D eigenvalue weighted by Gasteiger charge is 2.51. The molecule has 0 aliphatic heterocycles. The van der Waals surface area contributed by atoms with Crippen molar-refractivity contribution in [1.82, 2.24) is 4.72 Å². The molecule has 120 valence electrons. The van der Waals surface area contributed by atoms with Gasteiger partial charge < -0.3 is 4.74 Å². The smallest absolute Gasteiger partial charge is 0.326 e. The molecule has 0 radical (unpaired) electrons. The van der Waals surface area contributed by atoms with E-state index in [2.05, 4.69) is 0 Å². The summed E-state index contributed by atoms with van der Waals surface area (Å²) in [6, 6.07) is 7.09. The van der Waals surface area contributed by atoms with Crippen molar-refractivity contribution in [3.63, 3.8) is 0 Å². The summed E-state index contributed by atoms with van der Waals surface area (Å²) in [5.41, 5.74) is -0.209. The van der Waals surface area contributed by atoms with Gasteiger partial charge in [0.05, 0.1) is 12.9 Å². The van der Waals surface area contributed by atoms with Gasteiger partial charge in [-0.1, -0.05) is 24.3 Å². The zero-order valence-corrected chi connectivity index (χ0v) is 13.4. The molecule has 22 heavy (non-hydrogen) atoms. The minimum atomic E-state index is -3.77. The van der Waals surface area contributed by atoms with Crippen molar-refractivity contribution in [3.05, 3.63) is 35.4 Å². The summed E-state index contributed by atoms with van der Waals surface area (Å²) in [4.78, 5) is 25.2. The van der Waals surface area contributed by atoms with Crippen LogP contribution in [0.4, 0.5) is 0 Å². The first kappa shape index (κ1) is 16.5. The van der Waals surface area contributed by atoms with Crippen LogP contribution < -0.4 is 4.72 Å². The number of carbonyl (C=O) groups is 2. The van der Waals surface area contributed by atoms with Crippen LogP contribution in [0.3, 0.4) is 0 Å². The largest absolute Gasteiger partial charge is 0.465 e. The molecule has 1 aliphatic rings. The standard InChI is InChI=1S/C15H19NO5S/c1-3-21-14(18)15(13(17)16-22(2,19)20)10-6-8-11-7-4-5-9-12(11)15/h4-5,7,9H,3,6,8,10H2,1-2H3,(H,16,17). The van der Waals surface area contributed by atoms with Crippen molar-refractivity contribution in [2.24, 2.45) is 0 Å². The number of ether oxygens (including phenoxy) is 1. The Morgan fingerprint density at radius 3 is 2.64 bits per heavy atom. The third-order valence-electron chi connectivity index (χ3n) is 3.76. The lowest BCUT2D eigenvalue weighted by atomic mass is 9.69. The van der Waals surface area contributed by atoms with Gasteiger partial charge in [-0.3, -0.25) is 14.3 Å². The highest BCUT2D eigenvalue weighted by Crippen LogP contribution is 2.39. The number of amides is 1. The molecule has 1 atom stereocenters. The van der Waals surface area contributed by atoms with Crippen LogP contribution in [0.25, 0.3) is 0 Å². The number of esters is 1. The van der Waals surface area contributed by atoms with Crippen LogP contribution in [0.5, 0.6) is 0 Å². The fraction of sp³-hybridized carbons (Fsp3) is 0.467. The van der Waals surface area contributed by atoms with Crippen LogP contribution in [0.1, 0.15) is 30.9 Å². The van der Waals surface area contributed by atoms with Gasteiger partial charge in [0, 0.05) is 0 Å². The molecule has 2 rings (SSSR count). The number of carbonyl (C=O) groups excluding carboxylic acids is 2. The van der Waals surface area contributed by atoms with Crippen molar-refractivity contribution in [3.8, 4) is 0 Å². The van der Waals surface area contributed by atoms with E-state index in [1.807, 2.05) is 16.9 Å². The van der Waals surface area contributed by atoms with Crippen LogP contribution >= 0.6 is 0 Å². The van der Waals surface area contributed by atoms with Crippen molar-refractivity contribution in [2.75, 3.05) is 12.9 Å². The average Bonchev–Trinajstić information content (AvgIpc) is 2.44. The number of benzene rings is 1. The number of sulfonamides is 1. The Bertz CT molecular complexity index is 698. The maximum Gasteiger partial charge on any atom is 0.326 e. The van der Waals surface area contributed by atoms with Crippen LogP contribution in [-0.4, -0.2) is 33.2 Å². The zero-order chi connectivity index (χ0) is 16.4. The number of hydrogen-bond donors (Lipinski definition) is 1. The van der Waals surface area contributed by atoms with E-state index in [0.717, 1.165) is 18.2 Å². The lowest BCUT2D eigenvalue weighted by Crippen LogP contribution is -2.53. The minimum absolute atomic E-state index is 0.120. The number of hydrogen-bond acceptors (Lipinski definition) is 5. The Hall–Kier alpha value is -1.89. The van der Waals surface area contributed by atoms with Crippen molar-refractivity contribution in [1.29, 1.82) is 0 Å². The van der Waals surface area contributed by atoms with E-state index < -0.39 is 27.3 Å². The molecule has 1 unspecified atom stereocenters. The van der Waals surface area contributed by atoms with Gasteiger partial charge in [-0.05, 0) is 37.3 Å². The molecule has 1 aromatic rings. The van der Waals surface area contributed by atoms with Gasteiger partial charge in [-0.2, -0.15) is 0 Å². The maximum absolute atomic E-state index is 12.6. The Morgan fingerprint density at radius 2 is 2.00 bits per heavy atom. The molecule has 1 aromatic carbocycles. The van der Waals surface area contributed by atoms with E-state index in [1.165, 1.54) is 0 Å². The number of rotatable bonds is 4. The van der Waals surface area contributed by atoms with Crippen molar-refractivity contribution < 1.29 is 22.7 Å². The Labute approximate surface area is 129 Å². The summed E-state index contributed by atoms with van der Waals surface area (Å²) < 4.78 is 29.9. The molecule has 0 saturated carbocycles. The summed E-state index contributed by atoms with van der Waals surface area (Å²) in [7, 11) is -3.77. The molecule has 0 bridgehead atoms. The molecule has 1 N–H and O–H groups in total. The van der Waals surface area contributed by atoms with E-state index in [9.17, 15) is 18.0 Å².